The molecule has 1 aromatic carbocycles. The molecule has 1 atom stereocenters. The van der Waals surface area contributed by atoms with Crippen molar-refractivity contribution in [3.05, 3.63) is 71.5 Å². The molecule has 0 saturated carbocycles. The Morgan fingerprint density at radius 1 is 0.697 bits per heavy atom. The van der Waals surface area contributed by atoms with Gasteiger partial charge in [0.2, 0.25) is 0 Å². The molecular formula is C27H49GeNSi4-. The third kappa shape index (κ3) is 7.09. The van der Waals surface area contributed by atoms with Gasteiger partial charge in [0, 0.05) is 0 Å². The van der Waals surface area contributed by atoms with E-state index in [-0.39, 0.29) is 0 Å². The van der Waals surface area contributed by atoms with E-state index in [2.05, 4.69) is 133 Å². The van der Waals surface area contributed by atoms with E-state index in [9.17, 15) is 5.73 Å². The Bertz CT molecular complexity index is 833. The van der Waals surface area contributed by atoms with Crippen LogP contribution >= 0.6 is 0 Å². The van der Waals surface area contributed by atoms with E-state index in [1.807, 2.05) is 0 Å². The zero-order valence-electron chi connectivity index (χ0n) is 23.4. The van der Waals surface area contributed by atoms with Gasteiger partial charge in [-0.2, -0.15) is 0 Å². The maximum absolute atomic E-state index is 9.30. The molecule has 6 heteroatoms. The molecule has 0 aromatic heterocycles. The summed E-state index contributed by atoms with van der Waals surface area (Å²) < 4.78 is 2.47. The van der Waals surface area contributed by atoms with Crippen molar-refractivity contribution in [3.63, 3.8) is 0 Å². The maximum atomic E-state index is 9.30. The summed E-state index contributed by atoms with van der Waals surface area (Å²) in [5.74, 6) is 0. The standard InChI is InChI=1S/C27H49GeNSi4/c1-30(2,3)26(31(4,5)6)28(27(32(7,8)9)33(10,11)12)24-21-17-16-20-23(24)25(29)22-18-14-13-15-19-22/h13-21,24,26-27,29H,1-12H3/q-1/b25-23-. The van der Waals surface area contributed by atoms with E-state index in [1.165, 1.54) is 5.57 Å². The van der Waals surface area contributed by atoms with Crippen molar-refractivity contribution in [1.82, 2.24) is 0 Å². The second kappa shape index (κ2) is 10.3. The van der Waals surface area contributed by atoms with Gasteiger partial charge >= 0.3 is 215 Å². The average Bonchev–Trinajstić information content (AvgIpc) is 2.63. The fraction of sp³-hybridized carbons (Fsp3) is 0.556. The van der Waals surface area contributed by atoms with Crippen LogP contribution < -0.4 is 0 Å². The molecule has 183 valence electrons. The molecule has 0 amide bonds. The van der Waals surface area contributed by atoms with E-state index >= 15 is 0 Å². The summed E-state index contributed by atoms with van der Waals surface area (Å²) in [5.41, 5.74) is 12.5. The number of nitrogens with one attached hydrogen (secondary N) is 1. The normalized spacial score (nSPS) is 19.7. The third-order valence-electron chi connectivity index (χ3n) is 6.87. The van der Waals surface area contributed by atoms with Crippen molar-refractivity contribution in [2.45, 2.75) is 91.3 Å². The van der Waals surface area contributed by atoms with Crippen LogP contribution in [0.15, 0.2) is 60.2 Å². The molecule has 0 saturated heterocycles. The molecule has 0 fully saturated rings. The molecule has 2 rings (SSSR count). The Hall–Kier alpha value is -0.350. The Morgan fingerprint density at radius 3 is 1.52 bits per heavy atom. The molecule has 0 heterocycles. The molecule has 33 heavy (non-hydrogen) atoms. The van der Waals surface area contributed by atoms with Gasteiger partial charge in [-0.3, -0.25) is 0 Å². The van der Waals surface area contributed by atoms with Crippen LogP contribution in [0.2, 0.25) is 91.3 Å². The predicted molar refractivity (Wildman–Crippen MR) is 166 cm³/mol. The quantitative estimate of drug-likeness (QED) is 0.277. The van der Waals surface area contributed by atoms with Gasteiger partial charge in [0.05, 0.1) is 0 Å². The van der Waals surface area contributed by atoms with Crippen molar-refractivity contribution in [2.75, 3.05) is 0 Å². The molecule has 1 radical (unpaired) electrons. The fourth-order valence-corrected chi connectivity index (χ4v) is 71.8. The summed E-state index contributed by atoms with van der Waals surface area (Å²) in [6, 6.07) is 10.5. The molecular weight excluding hydrogens is 523 g/mol. The van der Waals surface area contributed by atoms with Gasteiger partial charge in [-0.05, 0) is 0 Å². The zero-order valence-corrected chi connectivity index (χ0v) is 29.5. The first kappa shape index (κ1) is 28.9. The summed E-state index contributed by atoms with van der Waals surface area (Å²) in [7, 11) is -5.58. The molecule has 0 bridgehead atoms. The van der Waals surface area contributed by atoms with Gasteiger partial charge in [-0.15, -0.1) is 0 Å². The molecule has 1 nitrogen and oxygen atoms in total. The molecule has 1 unspecified atom stereocenters. The SMILES string of the molecule is C[Si](C)(C)[CH]([Ge]([CH]1C=CC=C/C1=C(/[NH-])c1ccccc1)[CH]([Si](C)(C)C)[Si](C)(C)C)[Si](C)(C)C. The topological polar surface area (TPSA) is 23.8 Å². The number of hydrogen-bond donors (Lipinski definition) is 0. The molecule has 1 N–H and O–H groups in total. The van der Waals surface area contributed by atoms with Crippen LogP contribution in [-0.4, -0.2) is 46.6 Å². The van der Waals surface area contributed by atoms with Gasteiger partial charge in [0.15, 0.2) is 0 Å². The van der Waals surface area contributed by atoms with Gasteiger partial charge in [0.1, 0.15) is 0 Å². The van der Waals surface area contributed by atoms with Gasteiger partial charge in [-0.25, -0.2) is 0 Å². The van der Waals surface area contributed by atoms with Crippen LogP contribution in [0.5, 0.6) is 0 Å². The molecule has 0 spiro atoms. The van der Waals surface area contributed by atoms with Gasteiger partial charge < -0.3 is 0 Å². The van der Waals surface area contributed by atoms with Crippen molar-refractivity contribution in [1.29, 1.82) is 0 Å². The number of rotatable bonds is 8. The Morgan fingerprint density at radius 2 is 1.12 bits per heavy atom. The van der Waals surface area contributed by atoms with Crippen molar-refractivity contribution in [2.24, 2.45) is 0 Å². The van der Waals surface area contributed by atoms with Gasteiger partial charge in [0.25, 0.3) is 0 Å². The van der Waals surface area contributed by atoms with E-state index in [0.717, 1.165) is 19.3 Å². The van der Waals surface area contributed by atoms with Crippen LogP contribution in [0.4, 0.5) is 0 Å². The van der Waals surface area contributed by atoms with E-state index in [1.54, 1.807) is 0 Å². The van der Waals surface area contributed by atoms with Crippen LogP contribution in [0.1, 0.15) is 5.56 Å². The van der Waals surface area contributed by atoms with Crippen molar-refractivity contribution >= 4 is 52.3 Å². The monoisotopic (exact) mass is 573 g/mol. The first-order valence-corrected chi connectivity index (χ1v) is 30.5. The first-order chi connectivity index (χ1) is 14.9. The fourth-order valence-electron chi connectivity index (χ4n) is 6.97. The third-order valence-corrected chi connectivity index (χ3v) is 58.3. The Kier molecular flexibility index (Phi) is 9.04. The van der Waals surface area contributed by atoms with Crippen LogP contribution in [0, 0.1) is 0 Å². The minimum atomic E-state index is -1.75. The summed E-state index contributed by atoms with van der Waals surface area (Å²) in [6.45, 7) is 32.0. The van der Waals surface area contributed by atoms with Crippen molar-refractivity contribution in [3.8, 4) is 0 Å². The van der Waals surface area contributed by atoms with Gasteiger partial charge in [-0.1, -0.05) is 0 Å². The number of hydrogen-bond acceptors (Lipinski definition) is 0. The van der Waals surface area contributed by atoms with Crippen LogP contribution in [0.3, 0.4) is 0 Å². The van der Waals surface area contributed by atoms with E-state index in [4.69, 9.17) is 0 Å². The predicted octanol–water partition coefficient (Wildman–Crippen LogP) is 9.69. The minimum absolute atomic E-state index is 0.509. The zero-order chi connectivity index (χ0) is 25.4. The number of allylic oxidation sites excluding steroid dienone is 5. The molecule has 0 aliphatic heterocycles. The first-order valence-electron chi connectivity index (χ1n) is 12.6. The summed E-state index contributed by atoms with van der Waals surface area (Å²) >= 11 is -1.75. The number of benzene rings is 1. The van der Waals surface area contributed by atoms with Crippen LogP contribution in [-0.2, 0) is 0 Å². The van der Waals surface area contributed by atoms with E-state index < -0.39 is 46.6 Å². The Labute approximate surface area is 214 Å². The molecule has 1 aromatic rings. The summed E-state index contributed by atoms with van der Waals surface area (Å²) in [5, 5.41) is 0. The second-order valence-electron chi connectivity index (χ2n) is 14.2. The molecule has 1 aliphatic carbocycles. The Balaban J connectivity index is 2.89. The van der Waals surface area contributed by atoms with E-state index in [0.29, 0.717) is 4.75 Å². The average molecular weight is 573 g/mol. The molecule has 1 aliphatic rings. The summed E-state index contributed by atoms with van der Waals surface area (Å²) in [4.78, 5) is 0. The summed E-state index contributed by atoms with van der Waals surface area (Å²) in [6.07, 6.45) is 9.37. The van der Waals surface area contributed by atoms with Crippen LogP contribution in [0.25, 0.3) is 11.4 Å². The van der Waals surface area contributed by atoms with Crippen molar-refractivity contribution < 1.29 is 0 Å². The second-order valence-corrected chi connectivity index (χ2v) is 47.3.